The Morgan fingerprint density at radius 3 is 2.64 bits per heavy atom. The predicted octanol–water partition coefficient (Wildman–Crippen LogP) is 1.54. The molecule has 0 heterocycles. The highest BCUT2D eigenvalue weighted by molar-refractivity contribution is 4.79. The van der Waals surface area contributed by atoms with Crippen molar-refractivity contribution in [1.29, 1.82) is 0 Å². The van der Waals surface area contributed by atoms with Gasteiger partial charge in [0.25, 0.3) is 0 Å². The molecule has 0 spiro atoms. The standard InChI is InChI=1S/C9H19NO/c1-7(2)11-6-8-4-3-5-9(8)10/h7-9H,3-6,10H2,1-2H3. The molecule has 1 fully saturated rings. The molecule has 66 valence electrons. The summed E-state index contributed by atoms with van der Waals surface area (Å²) in [5.41, 5.74) is 5.89. The third-order valence-corrected chi connectivity index (χ3v) is 2.36. The van der Waals surface area contributed by atoms with E-state index in [1.165, 1.54) is 19.3 Å². The molecule has 0 amide bonds. The first kappa shape index (κ1) is 9.01. The van der Waals surface area contributed by atoms with Crippen LogP contribution in [0.4, 0.5) is 0 Å². The van der Waals surface area contributed by atoms with Gasteiger partial charge in [0.1, 0.15) is 0 Å². The Morgan fingerprint density at radius 1 is 1.45 bits per heavy atom. The molecule has 0 aliphatic heterocycles. The second-order valence-electron chi connectivity index (χ2n) is 3.74. The summed E-state index contributed by atoms with van der Waals surface area (Å²) in [6.07, 6.45) is 4.08. The summed E-state index contributed by atoms with van der Waals surface area (Å²) in [7, 11) is 0. The van der Waals surface area contributed by atoms with Gasteiger partial charge in [-0.2, -0.15) is 0 Å². The summed E-state index contributed by atoms with van der Waals surface area (Å²) in [5.74, 6) is 0.623. The van der Waals surface area contributed by atoms with Crippen molar-refractivity contribution in [2.75, 3.05) is 6.61 Å². The van der Waals surface area contributed by atoms with Crippen LogP contribution in [0.5, 0.6) is 0 Å². The van der Waals surface area contributed by atoms with Gasteiger partial charge in [-0.15, -0.1) is 0 Å². The Morgan fingerprint density at radius 2 is 2.18 bits per heavy atom. The molecule has 0 aromatic carbocycles. The molecule has 2 heteroatoms. The molecule has 2 unspecified atom stereocenters. The SMILES string of the molecule is CC(C)OCC1CCCC1N. The van der Waals surface area contributed by atoms with E-state index in [4.69, 9.17) is 10.5 Å². The first-order valence-corrected chi connectivity index (χ1v) is 4.57. The molecule has 11 heavy (non-hydrogen) atoms. The molecule has 2 nitrogen and oxygen atoms in total. The fourth-order valence-electron chi connectivity index (χ4n) is 1.59. The van der Waals surface area contributed by atoms with Crippen molar-refractivity contribution in [2.45, 2.75) is 45.3 Å². The average molecular weight is 157 g/mol. The molecular weight excluding hydrogens is 138 g/mol. The fraction of sp³-hybridized carbons (Fsp3) is 1.00. The van der Waals surface area contributed by atoms with E-state index in [0.717, 1.165) is 6.61 Å². The topological polar surface area (TPSA) is 35.2 Å². The molecule has 1 saturated carbocycles. The molecule has 0 bridgehead atoms. The lowest BCUT2D eigenvalue weighted by molar-refractivity contribution is 0.0492. The molecule has 0 aromatic heterocycles. The van der Waals surface area contributed by atoms with Crippen molar-refractivity contribution in [2.24, 2.45) is 11.7 Å². The summed E-state index contributed by atoms with van der Waals surface area (Å²) in [5, 5.41) is 0. The number of hydrogen-bond acceptors (Lipinski definition) is 2. The monoisotopic (exact) mass is 157 g/mol. The second kappa shape index (κ2) is 4.07. The van der Waals surface area contributed by atoms with E-state index >= 15 is 0 Å². The zero-order valence-corrected chi connectivity index (χ0v) is 7.55. The van der Waals surface area contributed by atoms with Crippen LogP contribution in [-0.4, -0.2) is 18.8 Å². The van der Waals surface area contributed by atoms with Crippen molar-refractivity contribution < 1.29 is 4.74 Å². The van der Waals surface area contributed by atoms with Gasteiger partial charge in [0.2, 0.25) is 0 Å². The summed E-state index contributed by atoms with van der Waals surface area (Å²) in [6.45, 7) is 5.00. The maximum absolute atomic E-state index is 5.89. The van der Waals surface area contributed by atoms with E-state index in [2.05, 4.69) is 13.8 Å². The second-order valence-corrected chi connectivity index (χ2v) is 3.74. The maximum Gasteiger partial charge on any atom is 0.0519 e. The molecule has 2 atom stereocenters. The molecule has 0 radical (unpaired) electrons. The normalized spacial score (nSPS) is 31.6. The van der Waals surface area contributed by atoms with Gasteiger partial charge < -0.3 is 10.5 Å². The molecule has 2 N–H and O–H groups in total. The molecule has 1 aliphatic carbocycles. The summed E-state index contributed by atoms with van der Waals surface area (Å²) in [4.78, 5) is 0. The summed E-state index contributed by atoms with van der Waals surface area (Å²) < 4.78 is 5.52. The van der Waals surface area contributed by atoms with E-state index in [1.807, 2.05) is 0 Å². The van der Waals surface area contributed by atoms with Crippen LogP contribution in [0, 0.1) is 5.92 Å². The zero-order valence-electron chi connectivity index (χ0n) is 7.55. The minimum Gasteiger partial charge on any atom is -0.378 e. The molecule has 1 rings (SSSR count). The Hall–Kier alpha value is -0.0800. The van der Waals surface area contributed by atoms with Gasteiger partial charge in [-0.3, -0.25) is 0 Å². The first-order valence-electron chi connectivity index (χ1n) is 4.57. The maximum atomic E-state index is 5.89. The molecule has 0 saturated heterocycles. The van der Waals surface area contributed by atoms with Crippen molar-refractivity contribution in [3.8, 4) is 0 Å². The molecule has 0 aromatic rings. The zero-order chi connectivity index (χ0) is 8.27. The van der Waals surface area contributed by atoms with Crippen molar-refractivity contribution in [3.63, 3.8) is 0 Å². The summed E-state index contributed by atoms with van der Waals surface area (Å²) in [6, 6.07) is 0.397. The number of hydrogen-bond donors (Lipinski definition) is 1. The highest BCUT2D eigenvalue weighted by Crippen LogP contribution is 2.24. The lowest BCUT2D eigenvalue weighted by Crippen LogP contribution is -2.28. The van der Waals surface area contributed by atoms with Gasteiger partial charge in [-0.05, 0) is 32.6 Å². The van der Waals surface area contributed by atoms with Crippen LogP contribution in [-0.2, 0) is 4.74 Å². The Balaban J connectivity index is 2.15. The van der Waals surface area contributed by atoms with E-state index in [9.17, 15) is 0 Å². The lowest BCUT2D eigenvalue weighted by Gasteiger charge is -2.16. The number of ether oxygens (including phenoxy) is 1. The van der Waals surface area contributed by atoms with E-state index < -0.39 is 0 Å². The third-order valence-electron chi connectivity index (χ3n) is 2.36. The van der Waals surface area contributed by atoms with Gasteiger partial charge >= 0.3 is 0 Å². The van der Waals surface area contributed by atoms with Crippen LogP contribution in [0.2, 0.25) is 0 Å². The van der Waals surface area contributed by atoms with Gasteiger partial charge in [0, 0.05) is 6.04 Å². The molecule has 1 aliphatic rings. The largest absolute Gasteiger partial charge is 0.378 e. The van der Waals surface area contributed by atoms with Crippen molar-refractivity contribution >= 4 is 0 Å². The summed E-state index contributed by atoms with van der Waals surface area (Å²) >= 11 is 0. The average Bonchev–Trinajstić information content (AvgIpc) is 2.31. The van der Waals surface area contributed by atoms with Crippen molar-refractivity contribution in [3.05, 3.63) is 0 Å². The van der Waals surface area contributed by atoms with E-state index in [-0.39, 0.29) is 0 Å². The van der Waals surface area contributed by atoms with Crippen LogP contribution < -0.4 is 5.73 Å². The van der Waals surface area contributed by atoms with E-state index in [1.54, 1.807) is 0 Å². The highest BCUT2D eigenvalue weighted by atomic mass is 16.5. The Kier molecular flexibility index (Phi) is 3.34. The fourth-order valence-corrected chi connectivity index (χ4v) is 1.59. The van der Waals surface area contributed by atoms with Crippen LogP contribution >= 0.6 is 0 Å². The third kappa shape index (κ3) is 2.80. The van der Waals surface area contributed by atoms with Crippen molar-refractivity contribution in [1.82, 2.24) is 0 Å². The van der Waals surface area contributed by atoms with Gasteiger partial charge in [-0.25, -0.2) is 0 Å². The predicted molar refractivity (Wildman–Crippen MR) is 46.4 cm³/mol. The number of nitrogens with two attached hydrogens (primary N) is 1. The lowest BCUT2D eigenvalue weighted by atomic mass is 10.1. The Labute approximate surface area is 69.1 Å². The van der Waals surface area contributed by atoms with Crippen LogP contribution in [0.15, 0.2) is 0 Å². The minimum atomic E-state index is 0.350. The minimum absolute atomic E-state index is 0.350. The van der Waals surface area contributed by atoms with Crippen LogP contribution in [0.25, 0.3) is 0 Å². The molecular formula is C9H19NO. The van der Waals surface area contributed by atoms with E-state index in [0.29, 0.717) is 18.1 Å². The number of rotatable bonds is 3. The first-order chi connectivity index (χ1) is 5.20. The van der Waals surface area contributed by atoms with Crippen LogP contribution in [0.3, 0.4) is 0 Å². The van der Waals surface area contributed by atoms with Gasteiger partial charge in [0.15, 0.2) is 0 Å². The van der Waals surface area contributed by atoms with Gasteiger partial charge in [-0.1, -0.05) is 6.42 Å². The van der Waals surface area contributed by atoms with Gasteiger partial charge in [0.05, 0.1) is 12.7 Å². The highest BCUT2D eigenvalue weighted by Gasteiger charge is 2.23. The van der Waals surface area contributed by atoms with Crippen LogP contribution in [0.1, 0.15) is 33.1 Å². The smallest absolute Gasteiger partial charge is 0.0519 e. The quantitative estimate of drug-likeness (QED) is 0.674. The Bertz CT molecular complexity index is 114.